The summed E-state index contributed by atoms with van der Waals surface area (Å²) >= 11 is 0. The number of nitrogens with zero attached hydrogens (tertiary/aromatic N) is 4. The molecule has 0 spiro atoms. The summed E-state index contributed by atoms with van der Waals surface area (Å²) in [5.41, 5.74) is 3.50. The third-order valence-electron chi connectivity index (χ3n) is 7.08. The number of piperidine rings is 2. The highest BCUT2D eigenvalue weighted by molar-refractivity contribution is 5.79. The molecule has 0 atom stereocenters. The van der Waals surface area contributed by atoms with E-state index < -0.39 is 0 Å². The molecule has 176 valence electrons. The molecule has 2 aromatic carbocycles. The van der Waals surface area contributed by atoms with Gasteiger partial charge in [-0.25, -0.2) is 9.97 Å². The molecule has 0 aliphatic carbocycles. The molecule has 0 saturated carbocycles. The summed E-state index contributed by atoms with van der Waals surface area (Å²) < 4.78 is 0. The van der Waals surface area contributed by atoms with Crippen molar-refractivity contribution in [2.24, 2.45) is 5.92 Å². The highest BCUT2D eigenvalue weighted by Gasteiger charge is 2.28. The van der Waals surface area contributed by atoms with Crippen LogP contribution in [0.5, 0.6) is 0 Å². The van der Waals surface area contributed by atoms with Crippen molar-refractivity contribution in [3.8, 4) is 11.1 Å². The molecule has 6 nitrogen and oxygen atoms in total. The lowest BCUT2D eigenvalue weighted by atomic mass is 9.94. The number of aromatic nitrogens is 2. The predicted molar refractivity (Wildman–Crippen MR) is 135 cm³/mol. The molecular weight excluding hydrogens is 422 g/mol. The number of carbonyl (C=O) groups excluding carboxylic acids is 1. The predicted octanol–water partition coefficient (Wildman–Crippen LogP) is 4.14. The van der Waals surface area contributed by atoms with Gasteiger partial charge in [0.15, 0.2) is 0 Å². The van der Waals surface area contributed by atoms with Crippen LogP contribution in [0, 0.1) is 5.92 Å². The minimum absolute atomic E-state index is 0.0854. The molecular formula is C28H33N5O. The van der Waals surface area contributed by atoms with E-state index in [2.05, 4.69) is 67.5 Å². The Labute approximate surface area is 202 Å². The second kappa shape index (κ2) is 10.8. The van der Waals surface area contributed by atoms with E-state index in [4.69, 9.17) is 0 Å². The lowest BCUT2D eigenvalue weighted by Gasteiger charge is -2.35. The Morgan fingerprint density at radius 3 is 2.06 bits per heavy atom. The third-order valence-corrected chi connectivity index (χ3v) is 7.08. The number of carbonyl (C=O) groups is 1. The molecule has 0 radical (unpaired) electrons. The van der Waals surface area contributed by atoms with Crippen LogP contribution in [0.15, 0.2) is 73.1 Å². The minimum atomic E-state index is 0.0854. The van der Waals surface area contributed by atoms with Gasteiger partial charge in [-0.05, 0) is 36.8 Å². The number of hydrogen-bond donors (Lipinski definition) is 1. The van der Waals surface area contributed by atoms with Gasteiger partial charge in [0.25, 0.3) is 0 Å². The van der Waals surface area contributed by atoms with Gasteiger partial charge >= 0.3 is 0 Å². The van der Waals surface area contributed by atoms with E-state index in [1.54, 1.807) is 0 Å². The average molecular weight is 456 g/mol. The van der Waals surface area contributed by atoms with Gasteiger partial charge in [-0.2, -0.15) is 0 Å². The Balaban J connectivity index is 1.06. The minimum Gasteiger partial charge on any atom is -0.353 e. The molecule has 3 heterocycles. The maximum Gasteiger partial charge on any atom is 0.225 e. The molecule has 2 fully saturated rings. The Morgan fingerprint density at radius 1 is 0.794 bits per heavy atom. The van der Waals surface area contributed by atoms with E-state index >= 15 is 0 Å². The van der Waals surface area contributed by atoms with Crippen LogP contribution >= 0.6 is 0 Å². The van der Waals surface area contributed by atoms with Gasteiger partial charge in [0, 0.05) is 62.6 Å². The molecule has 6 heteroatoms. The van der Waals surface area contributed by atoms with Crippen molar-refractivity contribution in [3.05, 3.63) is 78.6 Å². The third kappa shape index (κ3) is 5.62. The fourth-order valence-corrected chi connectivity index (χ4v) is 5.00. The first-order valence-electron chi connectivity index (χ1n) is 12.4. The van der Waals surface area contributed by atoms with Gasteiger partial charge < -0.3 is 10.2 Å². The lowest BCUT2D eigenvalue weighted by Crippen LogP contribution is -2.48. The number of nitrogens with one attached hydrogen (secondary N) is 1. The van der Waals surface area contributed by atoms with Gasteiger partial charge in [-0.3, -0.25) is 9.69 Å². The van der Waals surface area contributed by atoms with Gasteiger partial charge in [-0.1, -0.05) is 60.7 Å². The molecule has 0 bridgehead atoms. The van der Waals surface area contributed by atoms with Crippen LogP contribution in [-0.4, -0.2) is 53.0 Å². The maximum atomic E-state index is 12.9. The molecule has 1 N–H and O–H groups in total. The summed E-state index contributed by atoms with van der Waals surface area (Å²) in [4.78, 5) is 26.8. The second-order valence-corrected chi connectivity index (χ2v) is 9.44. The summed E-state index contributed by atoms with van der Waals surface area (Å²) in [6.45, 7) is 4.70. The van der Waals surface area contributed by atoms with E-state index in [9.17, 15) is 4.79 Å². The van der Waals surface area contributed by atoms with Crippen LogP contribution in [0.4, 0.5) is 5.95 Å². The first-order chi connectivity index (χ1) is 16.7. The molecule has 34 heavy (non-hydrogen) atoms. The normalized spacial score (nSPS) is 18.1. The molecule has 2 aliphatic heterocycles. The summed E-state index contributed by atoms with van der Waals surface area (Å²) in [7, 11) is 0. The van der Waals surface area contributed by atoms with Crippen molar-refractivity contribution in [2.45, 2.75) is 38.3 Å². The average Bonchev–Trinajstić information content (AvgIpc) is 2.91. The van der Waals surface area contributed by atoms with E-state index in [0.717, 1.165) is 75.5 Å². The van der Waals surface area contributed by atoms with Crippen LogP contribution in [0.2, 0.25) is 0 Å². The summed E-state index contributed by atoms with van der Waals surface area (Å²) in [6, 6.07) is 21.1. The molecule has 5 rings (SSSR count). The topological polar surface area (TPSA) is 61.4 Å². The number of likely N-dealkylation sites (tertiary alicyclic amines) is 1. The SMILES string of the molecule is O=C(NC1CCN(Cc2ccccc2)CC1)C1CCN(c2ncc(-c3ccccc3)cn2)CC1. The largest absolute Gasteiger partial charge is 0.353 e. The maximum absolute atomic E-state index is 12.9. The molecule has 3 aromatic rings. The van der Waals surface area contributed by atoms with Gasteiger partial charge in [0.1, 0.15) is 0 Å². The zero-order chi connectivity index (χ0) is 23.2. The Kier molecular flexibility index (Phi) is 7.15. The van der Waals surface area contributed by atoms with Crippen molar-refractivity contribution in [2.75, 3.05) is 31.1 Å². The van der Waals surface area contributed by atoms with Crippen LogP contribution in [0.3, 0.4) is 0 Å². The first-order valence-corrected chi connectivity index (χ1v) is 12.4. The van der Waals surface area contributed by atoms with Crippen LogP contribution in [0.1, 0.15) is 31.2 Å². The molecule has 1 aromatic heterocycles. The number of anilines is 1. The van der Waals surface area contributed by atoms with Crippen molar-refractivity contribution < 1.29 is 4.79 Å². The second-order valence-electron chi connectivity index (χ2n) is 9.44. The van der Waals surface area contributed by atoms with E-state index in [1.165, 1.54) is 5.56 Å². The summed E-state index contributed by atoms with van der Waals surface area (Å²) in [5, 5.41) is 3.34. The van der Waals surface area contributed by atoms with Crippen molar-refractivity contribution in [3.63, 3.8) is 0 Å². The van der Waals surface area contributed by atoms with Gasteiger partial charge in [0.05, 0.1) is 0 Å². The van der Waals surface area contributed by atoms with Crippen molar-refractivity contribution in [1.82, 2.24) is 20.2 Å². The lowest BCUT2D eigenvalue weighted by molar-refractivity contribution is -0.126. The Hall–Kier alpha value is -3.25. The molecule has 0 unspecified atom stereocenters. The fourth-order valence-electron chi connectivity index (χ4n) is 5.00. The monoisotopic (exact) mass is 455 g/mol. The van der Waals surface area contributed by atoms with E-state index in [1.807, 2.05) is 30.6 Å². The highest BCUT2D eigenvalue weighted by Crippen LogP contribution is 2.23. The van der Waals surface area contributed by atoms with Crippen LogP contribution in [0.25, 0.3) is 11.1 Å². The molecule has 2 saturated heterocycles. The standard InChI is InChI=1S/C28H33N5O/c34-27(31-26-13-15-32(16-14-26)21-22-7-3-1-4-8-22)24-11-17-33(18-12-24)28-29-19-25(20-30-28)23-9-5-2-6-10-23/h1-10,19-20,24,26H,11-18,21H2,(H,31,34). The first kappa shape index (κ1) is 22.5. The van der Waals surface area contributed by atoms with Crippen LogP contribution < -0.4 is 10.2 Å². The highest BCUT2D eigenvalue weighted by atomic mass is 16.2. The quantitative estimate of drug-likeness (QED) is 0.605. The molecule has 1 amide bonds. The van der Waals surface area contributed by atoms with E-state index in [0.29, 0.717) is 6.04 Å². The summed E-state index contributed by atoms with van der Waals surface area (Å²) in [5.74, 6) is 1.06. The zero-order valence-corrected chi connectivity index (χ0v) is 19.6. The van der Waals surface area contributed by atoms with E-state index in [-0.39, 0.29) is 11.8 Å². The van der Waals surface area contributed by atoms with Crippen LogP contribution in [-0.2, 0) is 11.3 Å². The smallest absolute Gasteiger partial charge is 0.225 e. The Morgan fingerprint density at radius 2 is 1.41 bits per heavy atom. The number of benzene rings is 2. The summed E-state index contributed by atoms with van der Waals surface area (Å²) in [6.07, 6.45) is 7.53. The number of amides is 1. The molecule has 2 aliphatic rings. The van der Waals surface area contributed by atoms with Gasteiger partial charge in [0.2, 0.25) is 11.9 Å². The van der Waals surface area contributed by atoms with Crippen molar-refractivity contribution >= 4 is 11.9 Å². The van der Waals surface area contributed by atoms with Gasteiger partial charge in [-0.15, -0.1) is 0 Å². The zero-order valence-electron chi connectivity index (χ0n) is 19.6. The van der Waals surface area contributed by atoms with Crippen molar-refractivity contribution in [1.29, 1.82) is 0 Å². The fraction of sp³-hybridized carbons (Fsp3) is 0.393. The number of hydrogen-bond acceptors (Lipinski definition) is 5. The Bertz CT molecular complexity index is 1040. The number of rotatable bonds is 6.